The first-order chi connectivity index (χ1) is 6.85. The van der Waals surface area contributed by atoms with Crippen LogP contribution in [-0.4, -0.2) is 37.2 Å². The molecule has 0 aromatic heterocycles. The van der Waals surface area contributed by atoms with Gasteiger partial charge in [0.25, 0.3) is 0 Å². The van der Waals surface area contributed by atoms with E-state index in [0.29, 0.717) is 6.61 Å². The summed E-state index contributed by atoms with van der Waals surface area (Å²) in [4.78, 5) is 22.0. The molecule has 0 bridgehead atoms. The molecular formula is C10H19NO4. The first-order valence-corrected chi connectivity index (χ1v) is 4.93. The quantitative estimate of drug-likeness (QED) is 0.679. The van der Waals surface area contributed by atoms with E-state index in [1.54, 1.807) is 27.7 Å². The Morgan fingerprint density at radius 3 is 2.13 bits per heavy atom. The molecule has 0 amide bonds. The number of nitrogens with one attached hydrogen (secondary N) is 1. The van der Waals surface area contributed by atoms with E-state index in [9.17, 15) is 9.59 Å². The monoisotopic (exact) mass is 217 g/mol. The van der Waals surface area contributed by atoms with Crippen LogP contribution in [-0.2, 0) is 19.1 Å². The van der Waals surface area contributed by atoms with Crippen LogP contribution in [0.2, 0.25) is 0 Å². The van der Waals surface area contributed by atoms with Gasteiger partial charge in [-0.2, -0.15) is 0 Å². The van der Waals surface area contributed by atoms with Crippen LogP contribution in [0.5, 0.6) is 0 Å². The fraction of sp³-hybridized carbons (Fsp3) is 0.800. The lowest BCUT2D eigenvalue weighted by Crippen LogP contribution is -2.34. The van der Waals surface area contributed by atoms with Crippen molar-refractivity contribution in [3.63, 3.8) is 0 Å². The molecule has 0 saturated heterocycles. The molecule has 0 aromatic rings. The molecule has 1 N–H and O–H groups in total. The molecule has 0 fully saturated rings. The second-order valence-electron chi connectivity index (χ2n) is 4.00. The zero-order valence-corrected chi connectivity index (χ0v) is 9.75. The van der Waals surface area contributed by atoms with Crippen LogP contribution in [0.4, 0.5) is 0 Å². The lowest BCUT2D eigenvalue weighted by Gasteiger charge is -2.19. The van der Waals surface area contributed by atoms with Crippen molar-refractivity contribution in [1.82, 2.24) is 5.32 Å². The van der Waals surface area contributed by atoms with Crippen LogP contribution < -0.4 is 5.32 Å². The summed E-state index contributed by atoms with van der Waals surface area (Å²) < 4.78 is 9.70. The van der Waals surface area contributed by atoms with Crippen LogP contribution in [0, 0.1) is 0 Å². The third-order valence-electron chi connectivity index (χ3n) is 1.26. The van der Waals surface area contributed by atoms with Gasteiger partial charge in [-0.05, 0) is 27.7 Å². The van der Waals surface area contributed by atoms with E-state index >= 15 is 0 Å². The van der Waals surface area contributed by atoms with Crippen LogP contribution in [0.15, 0.2) is 0 Å². The number of esters is 2. The molecule has 0 unspecified atom stereocenters. The summed E-state index contributed by atoms with van der Waals surface area (Å²) in [5.41, 5.74) is -0.497. The summed E-state index contributed by atoms with van der Waals surface area (Å²) in [5.74, 6) is -0.757. The minimum absolute atomic E-state index is 0.0100. The van der Waals surface area contributed by atoms with Crippen molar-refractivity contribution in [2.24, 2.45) is 0 Å². The van der Waals surface area contributed by atoms with Gasteiger partial charge in [0.05, 0.1) is 19.7 Å². The van der Waals surface area contributed by atoms with Gasteiger partial charge in [-0.1, -0.05) is 0 Å². The molecule has 0 atom stereocenters. The second-order valence-corrected chi connectivity index (χ2v) is 4.00. The lowest BCUT2D eigenvalue weighted by atomic mass is 10.2. The molecule has 0 aromatic carbocycles. The highest BCUT2D eigenvalue weighted by Gasteiger charge is 2.15. The predicted octanol–water partition coefficient (Wildman–Crippen LogP) is 0.481. The molecule has 15 heavy (non-hydrogen) atoms. The smallest absolute Gasteiger partial charge is 0.320 e. The number of hydrogen-bond donors (Lipinski definition) is 1. The summed E-state index contributed by atoms with van der Waals surface area (Å²) in [6.45, 7) is 7.46. The maximum Gasteiger partial charge on any atom is 0.320 e. The number of ether oxygens (including phenoxy) is 2. The normalized spacial score (nSPS) is 10.9. The minimum atomic E-state index is -0.497. The first kappa shape index (κ1) is 13.9. The Hall–Kier alpha value is -1.10. The van der Waals surface area contributed by atoms with Crippen molar-refractivity contribution in [3.05, 3.63) is 0 Å². The molecule has 0 radical (unpaired) electrons. The van der Waals surface area contributed by atoms with Gasteiger partial charge in [0.2, 0.25) is 0 Å². The van der Waals surface area contributed by atoms with E-state index in [2.05, 4.69) is 10.1 Å². The Balaban J connectivity index is 3.60. The molecule has 5 heteroatoms. The minimum Gasteiger partial charge on any atom is -0.465 e. The van der Waals surface area contributed by atoms with Gasteiger partial charge in [0, 0.05) is 0 Å². The van der Waals surface area contributed by atoms with E-state index in [1.165, 1.54) is 0 Å². The summed E-state index contributed by atoms with van der Waals surface area (Å²) in [7, 11) is 0. The van der Waals surface area contributed by atoms with Gasteiger partial charge < -0.3 is 9.47 Å². The van der Waals surface area contributed by atoms with Crippen molar-refractivity contribution in [2.45, 2.75) is 33.3 Å². The summed E-state index contributed by atoms with van der Waals surface area (Å²) in [6, 6.07) is 0. The molecule has 0 rings (SSSR count). The summed E-state index contributed by atoms with van der Waals surface area (Å²) in [5, 5.41) is 2.64. The van der Waals surface area contributed by atoms with E-state index in [4.69, 9.17) is 4.74 Å². The van der Waals surface area contributed by atoms with E-state index in [1.807, 2.05) is 0 Å². The van der Waals surface area contributed by atoms with Gasteiger partial charge in [0.1, 0.15) is 5.60 Å². The molecule has 0 spiro atoms. The summed E-state index contributed by atoms with van der Waals surface area (Å²) >= 11 is 0. The molecule has 88 valence electrons. The third kappa shape index (κ3) is 9.21. The maximum absolute atomic E-state index is 11.2. The molecule has 0 aliphatic heterocycles. The van der Waals surface area contributed by atoms with Gasteiger partial charge in [-0.15, -0.1) is 0 Å². The zero-order valence-electron chi connectivity index (χ0n) is 9.75. The first-order valence-electron chi connectivity index (χ1n) is 4.93. The fourth-order valence-corrected chi connectivity index (χ4v) is 0.856. The van der Waals surface area contributed by atoms with Crippen molar-refractivity contribution in [3.8, 4) is 0 Å². The number of carbonyl (C=O) groups excluding carboxylic acids is 2. The van der Waals surface area contributed by atoms with Gasteiger partial charge >= 0.3 is 11.9 Å². The molecule has 0 saturated carbocycles. The molecule has 0 aliphatic carbocycles. The van der Waals surface area contributed by atoms with Gasteiger partial charge in [0.15, 0.2) is 0 Å². The highest BCUT2D eigenvalue weighted by atomic mass is 16.6. The second kappa shape index (κ2) is 6.40. The standard InChI is InChI=1S/C10H19NO4/c1-5-14-8(12)6-11-7-9(13)15-10(2,3)4/h11H,5-7H2,1-4H3. The number of hydrogen-bond acceptors (Lipinski definition) is 5. The Bertz CT molecular complexity index is 220. The molecule has 0 heterocycles. The highest BCUT2D eigenvalue weighted by molar-refractivity contribution is 5.75. The maximum atomic E-state index is 11.2. The van der Waals surface area contributed by atoms with Crippen molar-refractivity contribution in [1.29, 1.82) is 0 Å². The number of carbonyl (C=O) groups is 2. The Morgan fingerprint density at radius 1 is 1.13 bits per heavy atom. The number of rotatable bonds is 5. The molecule has 0 aliphatic rings. The highest BCUT2D eigenvalue weighted by Crippen LogP contribution is 2.05. The average molecular weight is 217 g/mol. The van der Waals surface area contributed by atoms with Crippen molar-refractivity contribution >= 4 is 11.9 Å². The fourth-order valence-electron chi connectivity index (χ4n) is 0.856. The molecular weight excluding hydrogens is 198 g/mol. The van der Waals surface area contributed by atoms with Crippen molar-refractivity contribution < 1.29 is 19.1 Å². The Morgan fingerprint density at radius 2 is 1.67 bits per heavy atom. The third-order valence-corrected chi connectivity index (χ3v) is 1.26. The summed E-state index contributed by atoms with van der Waals surface area (Å²) in [6.07, 6.45) is 0. The Kier molecular flexibility index (Phi) is 5.93. The predicted molar refractivity (Wildman–Crippen MR) is 55.3 cm³/mol. The SMILES string of the molecule is CCOC(=O)CNCC(=O)OC(C)(C)C. The van der Waals surface area contributed by atoms with E-state index in [-0.39, 0.29) is 25.0 Å². The van der Waals surface area contributed by atoms with Gasteiger partial charge in [-0.3, -0.25) is 14.9 Å². The van der Waals surface area contributed by atoms with Crippen molar-refractivity contribution in [2.75, 3.05) is 19.7 Å². The van der Waals surface area contributed by atoms with Crippen LogP contribution >= 0.6 is 0 Å². The van der Waals surface area contributed by atoms with Crippen LogP contribution in [0.1, 0.15) is 27.7 Å². The topological polar surface area (TPSA) is 64.6 Å². The van der Waals surface area contributed by atoms with Crippen LogP contribution in [0.25, 0.3) is 0 Å². The average Bonchev–Trinajstić information content (AvgIpc) is 2.00. The van der Waals surface area contributed by atoms with E-state index in [0.717, 1.165) is 0 Å². The van der Waals surface area contributed by atoms with Crippen LogP contribution in [0.3, 0.4) is 0 Å². The Labute approximate surface area is 90.1 Å². The molecule has 5 nitrogen and oxygen atoms in total. The largest absolute Gasteiger partial charge is 0.465 e. The zero-order chi connectivity index (χ0) is 11.9. The van der Waals surface area contributed by atoms with E-state index < -0.39 is 5.60 Å². The van der Waals surface area contributed by atoms with Gasteiger partial charge in [-0.25, -0.2) is 0 Å². The lowest BCUT2D eigenvalue weighted by molar-refractivity contribution is -0.153.